The maximum atomic E-state index is 9.15. The van der Waals surface area contributed by atoms with Gasteiger partial charge in [0.25, 0.3) is 0 Å². The fourth-order valence-corrected chi connectivity index (χ4v) is 2.36. The van der Waals surface area contributed by atoms with Crippen molar-refractivity contribution in [2.24, 2.45) is 0 Å². The van der Waals surface area contributed by atoms with Crippen molar-refractivity contribution in [1.29, 1.82) is 5.26 Å². The third-order valence-corrected chi connectivity index (χ3v) is 3.50. The smallest absolute Gasteiger partial charge is 0.235 e. The van der Waals surface area contributed by atoms with Gasteiger partial charge in [0.05, 0.1) is 12.3 Å². The quantitative estimate of drug-likeness (QED) is 0.666. The largest absolute Gasteiger partial charge is 0.477 e. The van der Waals surface area contributed by atoms with Crippen LogP contribution in [0.2, 0.25) is 0 Å². The van der Waals surface area contributed by atoms with Crippen LogP contribution in [0, 0.1) is 11.3 Å². The van der Waals surface area contributed by atoms with Crippen molar-refractivity contribution in [2.75, 3.05) is 17.7 Å². The van der Waals surface area contributed by atoms with Gasteiger partial charge in [-0.15, -0.1) is 0 Å². The summed E-state index contributed by atoms with van der Waals surface area (Å²) in [5.74, 6) is 0.774. The number of aromatic nitrogens is 2. The number of nitrogens with one attached hydrogen (secondary N) is 2. The third-order valence-electron chi connectivity index (χ3n) is 3.50. The molecule has 120 valence electrons. The number of anilines is 3. The number of rotatable bonds is 5. The number of nitrogens with two attached hydrogens (primary N) is 1. The van der Waals surface area contributed by atoms with Gasteiger partial charge < -0.3 is 20.8 Å². The fraction of sp³-hybridized carbons (Fsp3) is 0.111. The van der Waals surface area contributed by atoms with Gasteiger partial charge in [0.2, 0.25) is 5.88 Å². The van der Waals surface area contributed by atoms with Gasteiger partial charge in [-0.25, -0.2) is 0 Å². The number of benzene rings is 1. The van der Waals surface area contributed by atoms with E-state index in [9.17, 15) is 0 Å². The number of ether oxygens (including phenoxy) is 1. The van der Waals surface area contributed by atoms with Gasteiger partial charge in [-0.05, 0) is 36.2 Å². The highest BCUT2D eigenvalue weighted by Gasteiger charge is 2.12. The zero-order valence-electron chi connectivity index (χ0n) is 13.2. The highest BCUT2D eigenvalue weighted by molar-refractivity contribution is 5.70. The van der Waals surface area contributed by atoms with E-state index in [1.165, 1.54) is 0 Å². The van der Waals surface area contributed by atoms with Crippen LogP contribution in [0.5, 0.6) is 5.88 Å². The summed E-state index contributed by atoms with van der Waals surface area (Å²) in [5, 5.41) is 12.3. The molecule has 1 aromatic carbocycles. The number of aromatic amines is 1. The van der Waals surface area contributed by atoms with Gasteiger partial charge in [-0.3, -0.25) is 0 Å². The minimum atomic E-state index is 0.242. The average Bonchev–Trinajstić information content (AvgIpc) is 3.10. The molecule has 0 saturated carbocycles. The normalized spacial score (nSPS) is 10.2. The number of H-pyrrole nitrogens is 1. The molecule has 0 saturated heterocycles. The second kappa shape index (κ2) is 6.75. The Morgan fingerprint density at radius 1 is 1.25 bits per heavy atom. The summed E-state index contributed by atoms with van der Waals surface area (Å²) in [6.07, 6.45) is 3.83. The van der Waals surface area contributed by atoms with Gasteiger partial charge in [0, 0.05) is 24.1 Å². The number of nitrogens with zero attached hydrogens (tertiary/aromatic N) is 2. The van der Waals surface area contributed by atoms with Crippen LogP contribution >= 0.6 is 0 Å². The number of pyridine rings is 1. The summed E-state index contributed by atoms with van der Waals surface area (Å²) in [7, 11) is 0. The van der Waals surface area contributed by atoms with E-state index in [0.717, 1.165) is 16.8 Å². The molecule has 2 aromatic heterocycles. The molecule has 0 aliphatic rings. The van der Waals surface area contributed by atoms with Crippen LogP contribution in [0.15, 0.2) is 48.8 Å². The molecule has 2 heterocycles. The lowest BCUT2D eigenvalue weighted by atomic mass is 10.1. The molecular formula is C18H17N5O. The first-order valence-electron chi connectivity index (χ1n) is 7.55. The van der Waals surface area contributed by atoms with E-state index in [2.05, 4.69) is 15.3 Å². The first-order chi connectivity index (χ1) is 11.7. The maximum absolute atomic E-state index is 9.15. The lowest BCUT2D eigenvalue weighted by molar-refractivity contribution is 0.326. The van der Waals surface area contributed by atoms with Crippen LogP contribution in [-0.2, 0) is 0 Å². The predicted molar refractivity (Wildman–Crippen MR) is 94.0 cm³/mol. The molecule has 3 rings (SSSR count). The Morgan fingerprint density at radius 3 is 2.67 bits per heavy atom. The monoisotopic (exact) mass is 319 g/mol. The van der Waals surface area contributed by atoms with Crippen molar-refractivity contribution in [2.45, 2.75) is 6.92 Å². The highest BCUT2D eigenvalue weighted by Crippen LogP contribution is 2.28. The zero-order valence-corrected chi connectivity index (χ0v) is 13.2. The summed E-state index contributed by atoms with van der Waals surface area (Å²) >= 11 is 0. The Kier molecular flexibility index (Phi) is 4.34. The van der Waals surface area contributed by atoms with Gasteiger partial charge in [0.1, 0.15) is 17.5 Å². The van der Waals surface area contributed by atoms with E-state index in [-0.39, 0.29) is 11.4 Å². The van der Waals surface area contributed by atoms with E-state index < -0.39 is 0 Å². The fourth-order valence-electron chi connectivity index (χ4n) is 2.36. The number of hydrogen-bond acceptors (Lipinski definition) is 5. The zero-order chi connectivity index (χ0) is 16.9. The molecule has 0 amide bonds. The van der Waals surface area contributed by atoms with Gasteiger partial charge in [0.15, 0.2) is 0 Å². The summed E-state index contributed by atoms with van der Waals surface area (Å²) in [4.78, 5) is 7.36. The Hall–Kier alpha value is -3.46. The number of nitrogen functional groups attached to an aromatic ring is 1. The summed E-state index contributed by atoms with van der Waals surface area (Å²) in [6, 6.07) is 13.6. The molecule has 24 heavy (non-hydrogen) atoms. The highest BCUT2D eigenvalue weighted by atomic mass is 16.5. The van der Waals surface area contributed by atoms with Gasteiger partial charge in [-0.2, -0.15) is 10.2 Å². The Balaban J connectivity index is 1.84. The van der Waals surface area contributed by atoms with E-state index in [0.29, 0.717) is 18.1 Å². The third kappa shape index (κ3) is 3.15. The van der Waals surface area contributed by atoms with Gasteiger partial charge in [-0.1, -0.05) is 12.1 Å². The maximum Gasteiger partial charge on any atom is 0.235 e. The van der Waals surface area contributed by atoms with Crippen LogP contribution in [0.3, 0.4) is 0 Å². The van der Waals surface area contributed by atoms with Crippen molar-refractivity contribution in [3.63, 3.8) is 0 Å². The molecule has 0 aliphatic heterocycles. The molecule has 0 bridgehead atoms. The molecule has 6 nitrogen and oxygen atoms in total. The molecule has 0 spiro atoms. The molecule has 4 N–H and O–H groups in total. The second-order valence-electron chi connectivity index (χ2n) is 5.12. The van der Waals surface area contributed by atoms with Crippen LogP contribution < -0.4 is 15.8 Å². The molecular weight excluding hydrogens is 302 g/mol. The van der Waals surface area contributed by atoms with Crippen molar-refractivity contribution >= 4 is 17.2 Å². The minimum absolute atomic E-state index is 0.242. The van der Waals surface area contributed by atoms with Gasteiger partial charge >= 0.3 is 0 Å². The van der Waals surface area contributed by atoms with E-state index in [1.54, 1.807) is 6.07 Å². The van der Waals surface area contributed by atoms with Crippen molar-refractivity contribution < 1.29 is 4.74 Å². The van der Waals surface area contributed by atoms with Crippen molar-refractivity contribution in [3.05, 3.63) is 54.4 Å². The molecule has 0 fully saturated rings. The Bertz CT molecular complexity index is 864. The van der Waals surface area contributed by atoms with Crippen LogP contribution in [0.25, 0.3) is 11.1 Å². The van der Waals surface area contributed by atoms with E-state index >= 15 is 0 Å². The summed E-state index contributed by atoms with van der Waals surface area (Å²) in [5.41, 5.74) is 9.62. The van der Waals surface area contributed by atoms with Crippen molar-refractivity contribution in [3.8, 4) is 23.1 Å². The lowest BCUT2D eigenvalue weighted by Gasteiger charge is -2.11. The van der Waals surface area contributed by atoms with Crippen LogP contribution in [0.4, 0.5) is 17.2 Å². The topological polar surface area (TPSA) is 99.8 Å². The predicted octanol–water partition coefficient (Wildman–Crippen LogP) is 3.67. The summed E-state index contributed by atoms with van der Waals surface area (Å²) < 4.78 is 5.40. The minimum Gasteiger partial charge on any atom is -0.477 e. The molecule has 0 aliphatic carbocycles. The molecule has 0 radical (unpaired) electrons. The lowest BCUT2D eigenvalue weighted by Crippen LogP contribution is -2.04. The number of hydrogen-bond donors (Lipinski definition) is 3. The molecule has 0 unspecified atom stereocenters. The average molecular weight is 319 g/mol. The van der Waals surface area contributed by atoms with Crippen molar-refractivity contribution in [1.82, 2.24) is 9.97 Å². The van der Waals surface area contributed by atoms with E-state index in [1.807, 2.05) is 55.7 Å². The first kappa shape index (κ1) is 15.4. The first-order valence-corrected chi connectivity index (χ1v) is 7.55. The Morgan fingerprint density at radius 2 is 2.04 bits per heavy atom. The number of nitriles is 1. The Labute approximate surface area is 139 Å². The van der Waals surface area contributed by atoms with Crippen LogP contribution in [-0.4, -0.2) is 16.6 Å². The second-order valence-corrected chi connectivity index (χ2v) is 5.12. The molecule has 6 heteroatoms. The molecule has 3 aromatic rings. The van der Waals surface area contributed by atoms with Crippen LogP contribution in [0.1, 0.15) is 12.5 Å². The SMILES string of the molecule is CCOc1nc(Nc2ccc(-c3cc[nH]c3)cc2)cc(N)c1C#N. The summed E-state index contributed by atoms with van der Waals surface area (Å²) in [6.45, 7) is 2.24. The van der Waals surface area contributed by atoms with E-state index in [4.69, 9.17) is 15.7 Å². The standard InChI is InChI=1S/C18H17N5O/c1-2-24-18-15(10-19)16(20)9-17(23-18)22-14-5-3-12(4-6-14)13-7-8-21-11-13/h3-9,11,21H,2H2,1H3,(H3,20,22,23). The molecule has 0 atom stereocenters.